The molecular weight excluding hydrogens is 472 g/mol. The summed E-state index contributed by atoms with van der Waals surface area (Å²) in [5.74, 6) is 0. The van der Waals surface area contributed by atoms with Crippen LogP contribution in [0.1, 0.15) is 27.8 Å². The van der Waals surface area contributed by atoms with Gasteiger partial charge in [-0.3, -0.25) is 0 Å². The minimum atomic E-state index is -0.411. The minimum Gasteiger partial charge on any atom is -0.456 e. The van der Waals surface area contributed by atoms with Gasteiger partial charge in [0.1, 0.15) is 11.2 Å². The third kappa shape index (κ3) is 2.51. The zero-order valence-electron chi connectivity index (χ0n) is 21.5. The van der Waals surface area contributed by atoms with E-state index in [4.69, 9.17) is 4.42 Å². The second-order valence-corrected chi connectivity index (χ2v) is 10.9. The minimum absolute atomic E-state index is 0.411. The molecule has 0 bridgehead atoms. The fraction of sp³-hybridized carbons (Fsp3) is 0.0526. The number of hydrogen-bond donors (Lipinski definition) is 0. The molecule has 1 atom stereocenters. The van der Waals surface area contributed by atoms with Crippen LogP contribution in [0.2, 0.25) is 0 Å². The van der Waals surface area contributed by atoms with Crippen LogP contribution in [0.3, 0.4) is 0 Å². The predicted octanol–water partition coefficient (Wildman–Crippen LogP) is 9.90. The highest BCUT2D eigenvalue weighted by molar-refractivity contribution is 6.16. The molecule has 182 valence electrons. The van der Waals surface area contributed by atoms with Crippen molar-refractivity contribution in [3.63, 3.8) is 0 Å². The molecule has 39 heavy (non-hydrogen) atoms. The van der Waals surface area contributed by atoms with E-state index >= 15 is 0 Å². The molecule has 0 N–H and O–H groups in total. The van der Waals surface area contributed by atoms with E-state index in [-0.39, 0.29) is 0 Å². The highest BCUT2D eigenvalue weighted by Gasteiger charge is 2.53. The Morgan fingerprint density at radius 1 is 0.487 bits per heavy atom. The number of hydrogen-bond acceptors (Lipinski definition) is 1. The van der Waals surface area contributed by atoms with Crippen molar-refractivity contribution in [2.24, 2.45) is 0 Å². The van der Waals surface area contributed by atoms with Gasteiger partial charge in [-0.05, 0) is 74.7 Å². The molecule has 0 fully saturated rings. The molecule has 1 aromatic heterocycles. The van der Waals surface area contributed by atoms with Crippen LogP contribution in [0, 0.1) is 6.92 Å². The average molecular weight is 497 g/mol. The predicted molar refractivity (Wildman–Crippen MR) is 160 cm³/mol. The van der Waals surface area contributed by atoms with Crippen LogP contribution >= 0.6 is 0 Å². The largest absolute Gasteiger partial charge is 0.456 e. The highest BCUT2D eigenvalue weighted by atomic mass is 16.3. The van der Waals surface area contributed by atoms with Crippen molar-refractivity contribution < 1.29 is 4.42 Å². The average Bonchev–Trinajstić information content (AvgIpc) is 3.61. The van der Waals surface area contributed by atoms with Crippen LogP contribution in [0.15, 0.2) is 132 Å². The summed E-state index contributed by atoms with van der Waals surface area (Å²) in [6.07, 6.45) is 0. The van der Waals surface area contributed by atoms with Crippen molar-refractivity contribution in [3.05, 3.63) is 155 Å². The van der Waals surface area contributed by atoms with Gasteiger partial charge in [-0.15, -0.1) is 0 Å². The lowest BCUT2D eigenvalue weighted by Crippen LogP contribution is -2.26. The van der Waals surface area contributed by atoms with Gasteiger partial charge in [-0.25, -0.2) is 0 Å². The van der Waals surface area contributed by atoms with E-state index in [9.17, 15) is 0 Å². The van der Waals surface area contributed by atoms with Gasteiger partial charge in [0.25, 0.3) is 0 Å². The van der Waals surface area contributed by atoms with Crippen molar-refractivity contribution in [2.75, 3.05) is 0 Å². The lowest BCUT2D eigenvalue weighted by Gasteiger charge is -2.32. The maximum Gasteiger partial charge on any atom is 0.136 e. The number of fused-ring (bicyclic) bond motifs is 14. The van der Waals surface area contributed by atoms with Crippen LogP contribution in [-0.2, 0) is 5.41 Å². The van der Waals surface area contributed by atoms with Crippen molar-refractivity contribution in [3.8, 4) is 33.4 Å². The van der Waals surface area contributed by atoms with Gasteiger partial charge in [-0.1, -0.05) is 121 Å². The topological polar surface area (TPSA) is 13.1 Å². The van der Waals surface area contributed by atoms with Crippen molar-refractivity contribution in [1.29, 1.82) is 0 Å². The summed E-state index contributed by atoms with van der Waals surface area (Å²) < 4.78 is 6.39. The van der Waals surface area contributed by atoms with E-state index in [2.05, 4.69) is 134 Å². The van der Waals surface area contributed by atoms with Gasteiger partial charge in [0.05, 0.1) is 5.41 Å². The Hall–Kier alpha value is -4.88. The standard InChI is InChI=1S/C38H24O/c1-23-17-19-24(20-18-23)25-12-8-13-27-26-9-2-5-14-30(26)38(37(25)27)31-15-6-3-10-28(31)35-32(38)21-22-34-36(35)29-11-4-7-16-33(29)39-34/h2-22H,1H3. The molecule has 9 rings (SSSR count). The number of para-hydroxylation sites is 1. The molecule has 2 aliphatic rings. The van der Waals surface area contributed by atoms with E-state index in [0.29, 0.717) is 0 Å². The Balaban J connectivity index is 1.51. The molecule has 1 unspecified atom stereocenters. The van der Waals surface area contributed by atoms with Gasteiger partial charge in [0.2, 0.25) is 0 Å². The van der Waals surface area contributed by atoms with E-state index in [1.165, 1.54) is 72.0 Å². The lowest BCUT2D eigenvalue weighted by molar-refractivity contribution is 0.668. The van der Waals surface area contributed by atoms with Crippen LogP contribution in [-0.4, -0.2) is 0 Å². The second kappa shape index (κ2) is 7.36. The SMILES string of the molecule is Cc1ccc(-c2cccc3c2C2(c4ccccc4-3)c3ccccc3-c3c2ccc2oc4ccccc4c32)cc1. The summed E-state index contributed by atoms with van der Waals surface area (Å²) in [5, 5.41) is 2.39. The molecule has 1 heterocycles. The molecule has 7 aromatic rings. The highest BCUT2D eigenvalue weighted by Crippen LogP contribution is 2.65. The summed E-state index contributed by atoms with van der Waals surface area (Å²) in [6.45, 7) is 2.15. The van der Waals surface area contributed by atoms with E-state index in [1.54, 1.807) is 0 Å². The summed E-state index contributed by atoms with van der Waals surface area (Å²) in [7, 11) is 0. The van der Waals surface area contributed by atoms with Crippen LogP contribution in [0.25, 0.3) is 55.3 Å². The fourth-order valence-corrected chi connectivity index (χ4v) is 7.48. The monoisotopic (exact) mass is 496 g/mol. The maximum atomic E-state index is 6.39. The molecule has 0 amide bonds. The first kappa shape index (κ1) is 21.1. The zero-order valence-corrected chi connectivity index (χ0v) is 21.5. The number of rotatable bonds is 1. The Bertz CT molecular complexity index is 2130. The van der Waals surface area contributed by atoms with Crippen molar-refractivity contribution >= 4 is 21.9 Å². The van der Waals surface area contributed by atoms with Crippen LogP contribution < -0.4 is 0 Å². The first-order valence-electron chi connectivity index (χ1n) is 13.6. The van der Waals surface area contributed by atoms with E-state index in [1.807, 2.05) is 0 Å². The first-order chi connectivity index (χ1) is 19.3. The van der Waals surface area contributed by atoms with E-state index in [0.717, 1.165) is 11.2 Å². The Morgan fingerprint density at radius 2 is 1.15 bits per heavy atom. The Morgan fingerprint density at radius 3 is 2.00 bits per heavy atom. The quantitative estimate of drug-likeness (QED) is 0.220. The first-order valence-corrected chi connectivity index (χ1v) is 13.6. The van der Waals surface area contributed by atoms with Crippen LogP contribution in [0.5, 0.6) is 0 Å². The molecular formula is C38H24O. The molecule has 0 saturated heterocycles. The van der Waals surface area contributed by atoms with E-state index < -0.39 is 5.41 Å². The molecule has 1 heteroatoms. The number of aryl methyl sites for hydroxylation is 1. The van der Waals surface area contributed by atoms with Gasteiger partial charge >= 0.3 is 0 Å². The molecule has 0 aliphatic heterocycles. The molecule has 2 aliphatic carbocycles. The normalized spacial score (nSPS) is 16.4. The van der Waals surface area contributed by atoms with Crippen LogP contribution in [0.4, 0.5) is 0 Å². The fourth-order valence-electron chi connectivity index (χ4n) is 7.48. The third-order valence-electron chi connectivity index (χ3n) is 8.97. The van der Waals surface area contributed by atoms with Crippen molar-refractivity contribution in [2.45, 2.75) is 12.3 Å². The van der Waals surface area contributed by atoms with Gasteiger partial charge in [-0.2, -0.15) is 0 Å². The molecule has 1 spiro atoms. The molecule has 6 aromatic carbocycles. The maximum absolute atomic E-state index is 6.39. The number of furan rings is 1. The number of benzene rings is 6. The summed E-state index contributed by atoms with van der Waals surface area (Å²) in [5.41, 5.74) is 16.0. The smallest absolute Gasteiger partial charge is 0.136 e. The molecule has 1 nitrogen and oxygen atoms in total. The Labute approximate surface area is 227 Å². The Kier molecular flexibility index (Phi) is 3.98. The lowest BCUT2D eigenvalue weighted by atomic mass is 9.68. The summed E-state index contributed by atoms with van der Waals surface area (Å²) >= 11 is 0. The summed E-state index contributed by atoms with van der Waals surface area (Å²) in [6, 6.07) is 46.9. The van der Waals surface area contributed by atoms with Gasteiger partial charge in [0, 0.05) is 10.8 Å². The van der Waals surface area contributed by atoms with Gasteiger partial charge in [0.15, 0.2) is 0 Å². The third-order valence-corrected chi connectivity index (χ3v) is 8.97. The summed E-state index contributed by atoms with van der Waals surface area (Å²) in [4.78, 5) is 0. The van der Waals surface area contributed by atoms with Gasteiger partial charge < -0.3 is 4.42 Å². The zero-order chi connectivity index (χ0) is 25.7. The molecule has 0 radical (unpaired) electrons. The molecule has 0 saturated carbocycles. The second-order valence-electron chi connectivity index (χ2n) is 10.9. The van der Waals surface area contributed by atoms with Crippen molar-refractivity contribution in [1.82, 2.24) is 0 Å².